The first-order chi connectivity index (χ1) is 13.4. The number of carbonyl (C=O) groups is 2. The van der Waals surface area contributed by atoms with Crippen LogP contribution in [0.25, 0.3) is 5.76 Å². The van der Waals surface area contributed by atoms with Crippen molar-refractivity contribution in [3.8, 4) is 11.5 Å². The molecule has 142 valence electrons. The summed E-state index contributed by atoms with van der Waals surface area (Å²) in [6, 6.07) is 16.1. The summed E-state index contributed by atoms with van der Waals surface area (Å²) in [5.41, 5.74) is 1.15. The molecule has 6 nitrogen and oxygen atoms in total. The Balaban J connectivity index is 1.78. The van der Waals surface area contributed by atoms with Gasteiger partial charge in [-0.2, -0.15) is 0 Å². The lowest BCUT2D eigenvalue weighted by Crippen LogP contribution is -2.10. The van der Waals surface area contributed by atoms with Gasteiger partial charge in [0, 0.05) is 18.8 Å². The maximum absolute atomic E-state index is 13.0. The van der Waals surface area contributed by atoms with Crippen LogP contribution < -0.4 is 4.74 Å². The zero-order valence-electron chi connectivity index (χ0n) is 14.6. The predicted octanol–water partition coefficient (Wildman–Crippen LogP) is 4.02. The first-order valence-corrected chi connectivity index (χ1v) is 8.28. The number of halogens is 1. The highest BCUT2D eigenvalue weighted by molar-refractivity contribution is 6.38. The number of hydrogen-bond acceptors (Lipinski definition) is 4. The molecule has 0 aliphatic carbocycles. The number of benzene rings is 2. The van der Waals surface area contributed by atoms with E-state index >= 15 is 0 Å². The van der Waals surface area contributed by atoms with Crippen LogP contribution in [0.5, 0.6) is 11.5 Å². The van der Waals surface area contributed by atoms with E-state index < -0.39 is 17.5 Å². The second kappa shape index (κ2) is 8.22. The van der Waals surface area contributed by atoms with E-state index in [1.165, 1.54) is 24.3 Å². The number of hydrogen-bond donors (Lipinski definition) is 2. The molecule has 0 bridgehead atoms. The predicted molar refractivity (Wildman–Crippen MR) is 99.7 cm³/mol. The molecular formula is C21H16FNO5. The van der Waals surface area contributed by atoms with Gasteiger partial charge in [-0.15, -0.1) is 0 Å². The topological polar surface area (TPSA) is 88.8 Å². The van der Waals surface area contributed by atoms with Gasteiger partial charge in [0.05, 0.1) is 5.69 Å². The largest absolute Gasteiger partial charge is 0.506 e. The molecule has 0 amide bonds. The molecule has 0 saturated heterocycles. The van der Waals surface area contributed by atoms with Gasteiger partial charge in [0.25, 0.3) is 5.78 Å². The van der Waals surface area contributed by atoms with Crippen LogP contribution in [0.2, 0.25) is 0 Å². The molecule has 1 aromatic heterocycles. The van der Waals surface area contributed by atoms with E-state index in [1.807, 2.05) is 6.07 Å². The number of ketones is 1. The minimum atomic E-state index is -1.64. The van der Waals surface area contributed by atoms with Crippen molar-refractivity contribution < 1.29 is 28.9 Å². The molecule has 0 spiro atoms. The van der Waals surface area contributed by atoms with Gasteiger partial charge in [0.15, 0.2) is 0 Å². The van der Waals surface area contributed by atoms with E-state index in [4.69, 9.17) is 9.84 Å². The zero-order valence-corrected chi connectivity index (χ0v) is 14.6. The highest BCUT2D eigenvalue weighted by Crippen LogP contribution is 2.23. The highest BCUT2D eigenvalue weighted by atomic mass is 19.1. The first-order valence-electron chi connectivity index (χ1n) is 8.28. The number of aliphatic carboxylic acids is 1. The summed E-state index contributed by atoms with van der Waals surface area (Å²) >= 11 is 0. The number of nitrogens with zero attached hydrogens (tertiary/aromatic N) is 1. The fourth-order valence-corrected chi connectivity index (χ4v) is 2.59. The second-order valence-corrected chi connectivity index (χ2v) is 5.92. The van der Waals surface area contributed by atoms with Crippen LogP contribution in [0.15, 0.2) is 72.9 Å². The van der Waals surface area contributed by atoms with Crippen LogP contribution in [-0.2, 0) is 16.1 Å². The highest BCUT2D eigenvalue weighted by Gasteiger charge is 2.13. The smallest absolute Gasteiger partial charge is 0.376 e. The second-order valence-electron chi connectivity index (χ2n) is 5.92. The Morgan fingerprint density at radius 1 is 1.00 bits per heavy atom. The fraction of sp³-hybridized carbons (Fsp3) is 0.0476. The molecule has 2 aromatic carbocycles. The van der Waals surface area contributed by atoms with Crippen molar-refractivity contribution in [1.82, 2.24) is 4.57 Å². The third-order valence-corrected chi connectivity index (χ3v) is 3.87. The Morgan fingerprint density at radius 2 is 1.75 bits per heavy atom. The molecule has 0 aliphatic rings. The molecule has 3 rings (SSSR count). The Bertz CT molecular complexity index is 1040. The van der Waals surface area contributed by atoms with Gasteiger partial charge in [0.2, 0.25) is 0 Å². The Hall–Kier alpha value is -3.87. The van der Waals surface area contributed by atoms with Crippen molar-refractivity contribution >= 4 is 17.5 Å². The maximum Gasteiger partial charge on any atom is 0.376 e. The van der Waals surface area contributed by atoms with Crippen molar-refractivity contribution in [2.45, 2.75) is 6.54 Å². The molecule has 0 fully saturated rings. The van der Waals surface area contributed by atoms with Crippen LogP contribution in [-0.4, -0.2) is 26.5 Å². The zero-order chi connectivity index (χ0) is 20.1. The van der Waals surface area contributed by atoms with Gasteiger partial charge < -0.3 is 19.5 Å². The van der Waals surface area contributed by atoms with Crippen LogP contribution >= 0.6 is 0 Å². The summed E-state index contributed by atoms with van der Waals surface area (Å²) in [5.74, 6) is -2.59. The van der Waals surface area contributed by atoms with Crippen molar-refractivity contribution in [2.75, 3.05) is 0 Å². The van der Waals surface area contributed by atoms with E-state index in [9.17, 15) is 19.1 Å². The van der Waals surface area contributed by atoms with Crippen molar-refractivity contribution in [3.05, 3.63) is 90.0 Å². The summed E-state index contributed by atoms with van der Waals surface area (Å²) in [4.78, 5) is 21.9. The number of carboxylic acid groups (broad SMARTS) is 1. The summed E-state index contributed by atoms with van der Waals surface area (Å²) in [5, 5.41) is 18.7. The molecule has 1 heterocycles. The molecule has 7 heteroatoms. The number of carbonyl (C=O) groups excluding carboxylic acids is 1. The van der Waals surface area contributed by atoms with E-state index in [2.05, 4.69) is 0 Å². The van der Waals surface area contributed by atoms with E-state index in [0.29, 0.717) is 29.8 Å². The number of ether oxygens (including phenoxy) is 1. The van der Waals surface area contributed by atoms with Gasteiger partial charge in [0.1, 0.15) is 23.1 Å². The standard InChI is InChI=1S/C21H16FNO5/c22-15-6-8-16(9-7-15)28-17-4-1-3-14(11-17)13-23-10-2-5-18(23)19(24)12-20(25)21(26)27/h1-12,24H,13H2,(H,26,27). The molecule has 0 radical (unpaired) electrons. The maximum atomic E-state index is 13.0. The number of aromatic nitrogens is 1. The molecule has 28 heavy (non-hydrogen) atoms. The monoisotopic (exact) mass is 381 g/mol. The third-order valence-electron chi connectivity index (χ3n) is 3.87. The molecule has 0 atom stereocenters. The van der Waals surface area contributed by atoms with Crippen molar-refractivity contribution in [3.63, 3.8) is 0 Å². The average Bonchev–Trinajstić information content (AvgIpc) is 3.12. The summed E-state index contributed by atoms with van der Waals surface area (Å²) in [6.45, 7) is 0.349. The molecular weight excluding hydrogens is 365 g/mol. The van der Waals surface area contributed by atoms with Crippen LogP contribution in [0.3, 0.4) is 0 Å². The summed E-state index contributed by atoms with van der Waals surface area (Å²) in [7, 11) is 0. The minimum absolute atomic E-state index is 0.305. The third kappa shape index (κ3) is 4.64. The normalized spacial score (nSPS) is 11.2. The average molecular weight is 381 g/mol. The number of aliphatic hydroxyl groups excluding tert-OH is 1. The first kappa shape index (κ1) is 18.9. The minimum Gasteiger partial charge on any atom is -0.506 e. The quantitative estimate of drug-likeness (QED) is 0.367. The Labute approximate surface area is 159 Å². The van der Waals surface area contributed by atoms with Gasteiger partial charge in [-0.3, -0.25) is 4.79 Å². The molecule has 0 saturated carbocycles. The lowest BCUT2D eigenvalue weighted by Gasteiger charge is -2.11. The van der Waals surface area contributed by atoms with E-state index in [-0.39, 0.29) is 5.82 Å². The number of aliphatic hydroxyl groups is 1. The molecule has 3 aromatic rings. The van der Waals surface area contributed by atoms with E-state index in [0.717, 1.165) is 5.56 Å². The van der Waals surface area contributed by atoms with E-state index in [1.54, 1.807) is 41.1 Å². The van der Waals surface area contributed by atoms with Crippen molar-refractivity contribution in [2.24, 2.45) is 0 Å². The summed E-state index contributed by atoms with van der Waals surface area (Å²) < 4.78 is 20.4. The van der Waals surface area contributed by atoms with Crippen molar-refractivity contribution in [1.29, 1.82) is 0 Å². The Kier molecular flexibility index (Phi) is 5.55. The number of carboxylic acids is 1. The van der Waals surface area contributed by atoms with Gasteiger partial charge >= 0.3 is 5.97 Å². The Morgan fingerprint density at radius 3 is 2.46 bits per heavy atom. The fourth-order valence-electron chi connectivity index (χ4n) is 2.59. The number of rotatable bonds is 7. The van der Waals surface area contributed by atoms with Crippen LogP contribution in [0.1, 0.15) is 11.3 Å². The van der Waals surface area contributed by atoms with Gasteiger partial charge in [-0.1, -0.05) is 12.1 Å². The lowest BCUT2D eigenvalue weighted by atomic mass is 10.2. The SMILES string of the molecule is O=C(O)C(=O)C=C(O)c1cccn1Cc1cccc(Oc2ccc(F)cc2)c1. The van der Waals surface area contributed by atoms with Crippen LogP contribution in [0, 0.1) is 5.82 Å². The van der Waals surface area contributed by atoms with Gasteiger partial charge in [-0.05, 0) is 54.1 Å². The summed E-state index contributed by atoms with van der Waals surface area (Å²) in [6.07, 6.45) is 2.36. The van der Waals surface area contributed by atoms with Gasteiger partial charge in [-0.25, -0.2) is 9.18 Å². The molecule has 2 N–H and O–H groups in total. The molecule has 0 unspecified atom stereocenters. The molecule has 0 aliphatic heterocycles. The van der Waals surface area contributed by atoms with Crippen LogP contribution in [0.4, 0.5) is 4.39 Å². The lowest BCUT2D eigenvalue weighted by molar-refractivity contribution is -0.146.